The second-order valence-electron chi connectivity index (χ2n) is 4.45. The number of ether oxygens (including phenoxy) is 1. The molecule has 0 spiro atoms. The van der Waals surface area contributed by atoms with Gasteiger partial charge >= 0.3 is 0 Å². The average molecular weight is 360 g/mol. The average Bonchev–Trinajstić information content (AvgIpc) is 2.47. The number of hydrogen-bond acceptors (Lipinski definition) is 3. The van der Waals surface area contributed by atoms with Gasteiger partial charge in [-0.05, 0) is 29.8 Å². The van der Waals surface area contributed by atoms with Gasteiger partial charge in [-0.25, -0.2) is 0 Å². The summed E-state index contributed by atoms with van der Waals surface area (Å²) in [5.74, 6) is -0.314. The standard InChI is InChI=1S/C15H13Cl3N2O2/c1-22-8-9-2-4-10(5-3-9)15(21)20-19-14-12(17)6-11(16)7-13(14)18/h2-7,19H,8H2,1H3,(H,20,21). The van der Waals surface area contributed by atoms with Crippen molar-refractivity contribution in [2.45, 2.75) is 6.61 Å². The summed E-state index contributed by atoms with van der Waals surface area (Å²) in [4.78, 5) is 12.1. The van der Waals surface area contributed by atoms with Crippen LogP contribution in [0.15, 0.2) is 36.4 Å². The minimum atomic E-state index is -0.314. The molecule has 0 fully saturated rings. The van der Waals surface area contributed by atoms with Crippen LogP contribution in [-0.4, -0.2) is 13.0 Å². The van der Waals surface area contributed by atoms with Crippen LogP contribution in [0.25, 0.3) is 0 Å². The van der Waals surface area contributed by atoms with E-state index < -0.39 is 0 Å². The maximum absolute atomic E-state index is 12.1. The summed E-state index contributed by atoms with van der Waals surface area (Å²) < 4.78 is 5.02. The largest absolute Gasteiger partial charge is 0.380 e. The maximum Gasteiger partial charge on any atom is 0.269 e. The van der Waals surface area contributed by atoms with Crippen LogP contribution in [0.2, 0.25) is 15.1 Å². The maximum atomic E-state index is 12.1. The highest BCUT2D eigenvalue weighted by Gasteiger charge is 2.10. The second kappa shape index (κ2) is 7.70. The van der Waals surface area contributed by atoms with Crippen LogP contribution in [0.3, 0.4) is 0 Å². The molecule has 1 amide bonds. The van der Waals surface area contributed by atoms with Gasteiger partial charge in [-0.1, -0.05) is 46.9 Å². The molecule has 2 N–H and O–H groups in total. The summed E-state index contributed by atoms with van der Waals surface area (Å²) in [6.45, 7) is 0.496. The summed E-state index contributed by atoms with van der Waals surface area (Å²) in [6.07, 6.45) is 0. The Labute approximate surface area is 143 Å². The number of anilines is 1. The number of methoxy groups -OCH3 is 1. The number of carbonyl (C=O) groups is 1. The summed E-state index contributed by atoms with van der Waals surface area (Å²) >= 11 is 17.9. The smallest absolute Gasteiger partial charge is 0.269 e. The number of rotatable bonds is 5. The Morgan fingerprint density at radius 2 is 1.68 bits per heavy atom. The SMILES string of the molecule is COCc1ccc(C(=O)NNc2c(Cl)cc(Cl)cc2Cl)cc1. The van der Waals surface area contributed by atoms with Crippen molar-refractivity contribution in [2.24, 2.45) is 0 Å². The van der Waals surface area contributed by atoms with Crippen LogP contribution in [0.5, 0.6) is 0 Å². The van der Waals surface area contributed by atoms with Crippen molar-refractivity contribution in [3.8, 4) is 0 Å². The zero-order valence-electron chi connectivity index (χ0n) is 11.6. The van der Waals surface area contributed by atoms with Gasteiger partial charge in [0, 0.05) is 17.7 Å². The summed E-state index contributed by atoms with van der Waals surface area (Å²) in [5.41, 5.74) is 7.10. The van der Waals surface area contributed by atoms with Crippen molar-refractivity contribution in [1.82, 2.24) is 5.43 Å². The van der Waals surface area contributed by atoms with Gasteiger partial charge in [0.2, 0.25) is 0 Å². The summed E-state index contributed by atoms with van der Waals surface area (Å²) in [6, 6.07) is 10.1. The van der Waals surface area contributed by atoms with E-state index in [2.05, 4.69) is 10.9 Å². The molecule has 0 aromatic heterocycles. The van der Waals surface area contributed by atoms with E-state index in [1.165, 1.54) is 12.1 Å². The van der Waals surface area contributed by atoms with Gasteiger partial charge in [-0.15, -0.1) is 0 Å². The molecule has 0 heterocycles. The first kappa shape index (κ1) is 16.9. The molecule has 4 nitrogen and oxygen atoms in total. The van der Waals surface area contributed by atoms with Crippen molar-refractivity contribution in [1.29, 1.82) is 0 Å². The third-order valence-corrected chi connectivity index (χ3v) is 3.65. The predicted molar refractivity (Wildman–Crippen MR) is 89.7 cm³/mol. The fourth-order valence-electron chi connectivity index (χ4n) is 1.77. The Balaban J connectivity index is 2.04. The van der Waals surface area contributed by atoms with E-state index in [-0.39, 0.29) is 5.91 Å². The van der Waals surface area contributed by atoms with Gasteiger partial charge in [0.25, 0.3) is 5.91 Å². The van der Waals surface area contributed by atoms with Gasteiger partial charge in [-0.2, -0.15) is 0 Å². The second-order valence-corrected chi connectivity index (χ2v) is 5.70. The van der Waals surface area contributed by atoms with Gasteiger partial charge in [0.15, 0.2) is 0 Å². The van der Waals surface area contributed by atoms with E-state index in [0.717, 1.165) is 5.56 Å². The number of hydrazine groups is 1. The Bertz CT molecular complexity index is 652. The molecule has 0 aliphatic heterocycles. The molecule has 0 saturated heterocycles. The van der Waals surface area contributed by atoms with Crippen LogP contribution in [0.4, 0.5) is 5.69 Å². The van der Waals surface area contributed by atoms with Crippen LogP contribution < -0.4 is 10.9 Å². The number of hydrogen-bond donors (Lipinski definition) is 2. The first-order valence-corrected chi connectivity index (χ1v) is 7.43. The van der Waals surface area contributed by atoms with Crippen molar-refractivity contribution in [2.75, 3.05) is 12.5 Å². The number of carbonyl (C=O) groups excluding carboxylic acids is 1. The van der Waals surface area contributed by atoms with E-state index >= 15 is 0 Å². The highest BCUT2D eigenvalue weighted by molar-refractivity contribution is 6.41. The lowest BCUT2D eigenvalue weighted by Gasteiger charge is -2.12. The molecule has 0 atom stereocenters. The predicted octanol–water partition coefficient (Wildman–Crippen LogP) is 4.55. The van der Waals surface area contributed by atoms with Gasteiger partial charge in [0.05, 0.1) is 22.3 Å². The monoisotopic (exact) mass is 358 g/mol. The molecule has 0 unspecified atom stereocenters. The van der Waals surface area contributed by atoms with Crippen molar-refractivity contribution < 1.29 is 9.53 Å². The van der Waals surface area contributed by atoms with E-state index in [1.807, 2.05) is 12.1 Å². The molecule has 0 radical (unpaired) electrons. The number of halogens is 3. The Hall–Kier alpha value is -1.46. The normalized spacial score (nSPS) is 10.4. The fraction of sp³-hybridized carbons (Fsp3) is 0.133. The van der Waals surface area contributed by atoms with Gasteiger partial charge in [0.1, 0.15) is 0 Å². The van der Waals surface area contributed by atoms with Gasteiger partial charge in [-0.3, -0.25) is 15.6 Å². The summed E-state index contributed by atoms with van der Waals surface area (Å²) in [7, 11) is 1.62. The number of nitrogens with one attached hydrogen (secondary N) is 2. The van der Waals surface area contributed by atoms with E-state index in [1.54, 1.807) is 19.2 Å². The topological polar surface area (TPSA) is 50.4 Å². The first-order chi connectivity index (χ1) is 10.5. The molecule has 2 aromatic rings. The number of amides is 1. The summed E-state index contributed by atoms with van der Waals surface area (Å²) in [5, 5.41) is 1.04. The van der Waals surface area contributed by atoms with E-state index in [9.17, 15) is 4.79 Å². The van der Waals surface area contributed by atoms with Crippen LogP contribution in [0, 0.1) is 0 Å². The Kier molecular flexibility index (Phi) is 5.91. The molecule has 0 aliphatic carbocycles. The van der Waals surface area contributed by atoms with Crippen molar-refractivity contribution in [3.63, 3.8) is 0 Å². The highest BCUT2D eigenvalue weighted by atomic mass is 35.5. The third-order valence-electron chi connectivity index (χ3n) is 2.84. The molecular weight excluding hydrogens is 347 g/mol. The molecule has 22 heavy (non-hydrogen) atoms. The molecule has 2 rings (SSSR count). The Morgan fingerprint density at radius 1 is 1.09 bits per heavy atom. The minimum absolute atomic E-state index is 0.313. The Morgan fingerprint density at radius 3 is 2.23 bits per heavy atom. The zero-order valence-corrected chi connectivity index (χ0v) is 13.9. The van der Waals surface area contributed by atoms with Crippen LogP contribution >= 0.6 is 34.8 Å². The lowest BCUT2D eigenvalue weighted by atomic mass is 10.1. The third kappa shape index (κ3) is 4.27. The molecule has 0 saturated carbocycles. The van der Waals surface area contributed by atoms with E-state index in [4.69, 9.17) is 39.5 Å². The highest BCUT2D eigenvalue weighted by Crippen LogP contribution is 2.33. The van der Waals surface area contributed by atoms with E-state index in [0.29, 0.717) is 32.9 Å². The fourth-order valence-corrected chi connectivity index (χ4v) is 2.68. The minimum Gasteiger partial charge on any atom is -0.380 e. The molecule has 116 valence electrons. The lowest BCUT2D eigenvalue weighted by molar-refractivity contribution is 0.0962. The zero-order chi connectivity index (χ0) is 16.1. The van der Waals surface area contributed by atoms with Gasteiger partial charge < -0.3 is 4.74 Å². The molecule has 0 aliphatic rings. The van der Waals surface area contributed by atoms with Crippen molar-refractivity contribution >= 4 is 46.4 Å². The number of benzene rings is 2. The lowest BCUT2D eigenvalue weighted by Crippen LogP contribution is -2.29. The molecule has 2 aromatic carbocycles. The molecule has 7 heteroatoms. The first-order valence-electron chi connectivity index (χ1n) is 6.30. The quantitative estimate of drug-likeness (QED) is 0.770. The van der Waals surface area contributed by atoms with Crippen molar-refractivity contribution in [3.05, 3.63) is 62.6 Å². The molecular formula is C15H13Cl3N2O2. The van der Waals surface area contributed by atoms with Crippen LogP contribution in [-0.2, 0) is 11.3 Å². The van der Waals surface area contributed by atoms with Crippen LogP contribution in [0.1, 0.15) is 15.9 Å². The molecule has 0 bridgehead atoms.